The van der Waals surface area contributed by atoms with E-state index in [0.717, 1.165) is 5.01 Å². The Morgan fingerprint density at radius 3 is 2.33 bits per heavy atom. The predicted octanol–water partition coefficient (Wildman–Crippen LogP) is 3.00. The van der Waals surface area contributed by atoms with E-state index in [1.165, 1.54) is 35.6 Å². The van der Waals surface area contributed by atoms with Crippen molar-refractivity contribution in [3.8, 4) is 0 Å². The topological polar surface area (TPSA) is 98.0 Å². The Kier molecular flexibility index (Phi) is 3.99. The lowest BCUT2D eigenvalue weighted by molar-refractivity contribution is -0.384. The average molecular weight is 306 g/mol. The molecule has 0 unspecified atom stereocenters. The molecular formula is C13H14N4O3S. The molecule has 0 saturated carbocycles. The molecule has 1 amide bonds. The van der Waals surface area contributed by atoms with Crippen molar-refractivity contribution in [2.45, 2.75) is 26.2 Å². The first-order valence-corrected chi connectivity index (χ1v) is 6.99. The molecule has 110 valence electrons. The summed E-state index contributed by atoms with van der Waals surface area (Å²) in [5.74, 6) is -0.374. The van der Waals surface area contributed by atoms with Crippen LogP contribution in [0.5, 0.6) is 0 Å². The molecule has 1 N–H and O–H groups in total. The highest BCUT2D eigenvalue weighted by Gasteiger charge is 2.20. The zero-order chi connectivity index (χ0) is 15.6. The van der Waals surface area contributed by atoms with Crippen molar-refractivity contribution >= 4 is 28.1 Å². The van der Waals surface area contributed by atoms with Gasteiger partial charge in [-0.1, -0.05) is 32.1 Å². The van der Waals surface area contributed by atoms with E-state index >= 15 is 0 Å². The monoisotopic (exact) mass is 306 g/mol. The molecule has 0 radical (unpaired) electrons. The molecule has 0 spiro atoms. The number of nitro benzene ring substituents is 1. The molecule has 21 heavy (non-hydrogen) atoms. The number of anilines is 1. The largest absolute Gasteiger partial charge is 0.296 e. The summed E-state index contributed by atoms with van der Waals surface area (Å²) in [4.78, 5) is 22.1. The molecule has 1 aromatic carbocycles. The Labute approximate surface area is 125 Å². The Hall–Kier alpha value is -2.35. The summed E-state index contributed by atoms with van der Waals surface area (Å²) in [5, 5.41) is 22.4. The van der Waals surface area contributed by atoms with Gasteiger partial charge in [-0.25, -0.2) is 0 Å². The second-order valence-electron chi connectivity index (χ2n) is 5.42. The first-order valence-electron chi connectivity index (χ1n) is 6.17. The third kappa shape index (κ3) is 3.60. The second-order valence-corrected chi connectivity index (χ2v) is 6.40. The van der Waals surface area contributed by atoms with Gasteiger partial charge in [0.15, 0.2) is 0 Å². The molecule has 7 nitrogen and oxygen atoms in total. The van der Waals surface area contributed by atoms with Gasteiger partial charge < -0.3 is 0 Å². The Morgan fingerprint density at radius 2 is 1.86 bits per heavy atom. The second kappa shape index (κ2) is 5.57. The molecule has 8 heteroatoms. The maximum atomic E-state index is 12.0. The summed E-state index contributed by atoms with van der Waals surface area (Å²) < 4.78 is 0. The number of nitrogens with one attached hydrogen (secondary N) is 1. The molecular weight excluding hydrogens is 292 g/mol. The summed E-state index contributed by atoms with van der Waals surface area (Å²) in [6.45, 7) is 6.03. The number of hydrogen-bond donors (Lipinski definition) is 1. The van der Waals surface area contributed by atoms with Crippen molar-refractivity contribution in [1.29, 1.82) is 0 Å². The van der Waals surface area contributed by atoms with Gasteiger partial charge in [-0.15, -0.1) is 10.2 Å². The SMILES string of the molecule is CC(C)(C)c1nnc(NC(=O)c2ccc([N+](=O)[O-])cc2)s1. The van der Waals surface area contributed by atoms with Crippen molar-refractivity contribution in [2.75, 3.05) is 5.32 Å². The third-order valence-electron chi connectivity index (χ3n) is 2.63. The van der Waals surface area contributed by atoms with E-state index in [9.17, 15) is 14.9 Å². The van der Waals surface area contributed by atoms with Crippen LogP contribution in [0.25, 0.3) is 0 Å². The molecule has 0 aliphatic heterocycles. The predicted molar refractivity (Wildman–Crippen MR) is 79.7 cm³/mol. The van der Waals surface area contributed by atoms with Gasteiger partial charge in [-0.3, -0.25) is 20.2 Å². The van der Waals surface area contributed by atoms with Gasteiger partial charge in [0.05, 0.1) is 4.92 Å². The molecule has 0 saturated heterocycles. The Bertz CT molecular complexity index is 673. The van der Waals surface area contributed by atoms with Crippen LogP contribution in [0.3, 0.4) is 0 Å². The van der Waals surface area contributed by atoms with Crippen LogP contribution in [0.2, 0.25) is 0 Å². The van der Waals surface area contributed by atoms with Gasteiger partial charge in [0.2, 0.25) is 5.13 Å². The van der Waals surface area contributed by atoms with Gasteiger partial charge in [0.1, 0.15) is 5.01 Å². The average Bonchev–Trinajstić information content (AvgIpc) is 2.87. The number of carbonyl (C=O) groups excluding carboxylic acids is 1. The number of nitro groups is 1. The number of rotatable bonds is 3. The summed E-state index contributed by atoms with van der Waals surface area (Å²) in [6.07, 6.45) is 0. The van der Waals surface area contributed by atoms with E-state index in [4.69, 9.17) is 0 Å². The van der Waals surface area contributed by atoms with E-state index in [1.54, 1.807) is 0 Å². The highest BCUT2D eigenvalue weighted by Crippen LogP contribution is 2.27. The lowest BCUT2D eigenvalue weighted by Crippen LogP contribution is -2.11. The van der Waals surface area contributed by atoms with Crippen molar-refractivity contribution < 1.29 is 9.72 Å². The molecule has 1 aromatic heterocycles. The highest BCUT2D eigenvalue weighted by atomic mass is 32.1. The maximum absolute atomic E-state index is 12.0. The molecule has 2 aromatic rings. The van der Waals surface area contributed by atoms with Crippen molar-refractivity contribution in [3.63, 3.8) is 0 Å². The standard InChI is InChI=1S/C13H14N4O3S/c1-13(2,3)11-15-16-12(21-11)14-10(18)8-4-6-9(7-5-8)17(19)20/h4-7H,1-3H3,(H,14,16,18). The number of amides is 1. The molecule has 0 bridgehead atoms. The van der Waals surface area contributed by atoms with Crippen LogP contribution in [0.1, 0.15) is 36.1 Å². The minimum atomic E-state index is -0.512. The quantitative estimate of drug-likeness (QED) is 0.694. The minimum absolute atomic E-state index is 0.0579. The number of carbonyl (C=O) groups is 1. The third-order valence-corrected chi connectivity index (χ3v) is 3.89. The first-order chi connectivity index (χ1) is 9.77. The number of hydrogen-bond acceptors (Lipinski definition) is 6. The number of benzene rings is 1. The van der Waals surface area contributed by atoms with Crippen LogP contribution in [0.15, 0.2) is 24.3 Å². The van der Waals surface area contributed by atoms with Crippen molar-refractivity contribution in [2.24, 2.45) is 0 Å². The lowest BCUT2D eigenvalue weighted by atomic mass is 9.98. The van der Waals surface area contributed by atoms with Crippen molar-refractivity contribution in [1.82, 2.24) is 10.2 Å². The maximum Gasteiger partial charge on any atom is 0.269 e. The summed E-state index contributed by atoms with van der Waals surface area (Å²) in [6, 6.07) is 5.38. The van der Waals surface area contributed by atoms with Crippen molar-refractivity contribution in [3.05, 3.63) is 45.0 Å². The van der Waals surface area contributed by atoms with E-state index in [1.807, 2.05) is 20.8 Å². The molecule has 0 aliphatic carbocycles. The smallest absolute Gasteiger partial charge is 0.269 e. The lowest BCUT2D eigenvalue weighted by Gasteiger charge is -2.12. The molecule has 0 aliphatic rings. The van der Waals surface area contributed by atoms with Crippen LogP contribution >= 0.6 is 11.3 Å². The normalized spacial score (nSPS) is 11.2. The zero-order valence-electron chi connectivity index (χ0n) is 11.8. The fraction of sp³-hybridized carbons (Fsp3) is 0.308. The van der Waals surface area contributed by atoms with Crippen LogP contribution in [0, 0.1) is 10.1 Å². The molecule has 0 atom stereocenters. The van der Waals surface area contributed by atoms with E-state index in [-0.39, 0.29) is 17.0 Å². The Balaban J connectivity index is 2.11. The van der Waals surface area contributed by atoms with Gasteiger partial charge in [-0.2, -0.15) is 0 Å². The van der Waals surface area contributed by atoms with Gasteiger partial charge in [-0.05, 0) is 12.1 Å². The van der Waals surface area contributed by atoms with Gasteiger partial charge in [0, 0.05) is 23.1 Å². The fourth-order valence-corrected chi connectivity index (χ4v) is 2.28. The number of non-ortho nitro benzene ring substituents is 1. The number of nitrogens with zero attached hydrogens (tertiary/aromatic N) is 3. The van der Waals surface area contributed by atoms with Crippen LogP contribution in [-0.4, -0.2) is 21.0 Å². The van der Waals surface area contributed by atoms with Gasteiger partial charge >= 0.3 is 0 Å². The minimum Gasteiger partial charge on any atom is -0.296 e. The van der Waals surface area contributed by atoms with Gasteiger partial charge in [0.25, 0.3) is 11.6 Å². The van der Waals surface area contributed by atoms with E-state index in [0.29, 0.717) is 10.7 Å². The first kappa shape index (κ1) is 15.0. The summed E-state index contributed by atoms with van der Waals surface area (Å²) in [5.41, 5.74) is 0.138. The summed E-state index contributed by atoms with van der Waals surface area (Å²) >= 11 is 1.31. The van der Waals surface area contributed by atoms with Crippen LogP contribution in [-0.2, 0) is 5.41 Å². The molecule has 2 rings (SSSR count). The molecule has 0 fully saturated rings. The van der Waals surface area contributed by atoms with E-state index < -0.39 is 4.92 Å². The molecule has 1 heterocycles. The van der Waals surface area contributed by atoms with Crippen LogP contribution in [0.4, 0.5) is 10.8 Å². The highest BCUT2D eigenvalue weighted by molar-refractivity contribution is 7.15. The fourth-order valence-electron chi connectivity index (χ4n) is 1.48. The Morgan fingerprint density at radius 1 is 1.24 bits per heavy atom. The van der Waals surface area contributed by atoms with Crippen LogP contribution < -0.4 is 5.32 Å². The zero-order valence-corrected chi connectivity index (χ0v) is 12.6. The van der Waals surface area contributed by atoms with E-state index in [2.05, 4.69) is 15.5 Å². The summed E-state index contributed by atoms with van der Waals surface area (Å²) in [7, 11) is 0. The number of aromatic nitrogens is 2.